The highest BCUT2D eigenvalue weighted by Crippen LogP contribution is 2.13. The first kappa shape index (κ1) is 16.2. The molecule has 110 valence electrons. The molecule has 1 N–H and O–H groups in total. The minimum atomic E-state index is -0.679. The van der Waals surface area contributed by atoms with Crippen molar-refractivity contribution in [3.63, 3.8) is 0 Å². The highest BCUT2D eigenvalue weighted by molar-refractivity contribution is 5.98. The highest BCUT2D eigenvalue weighted by Gasteiger charge is 2.23. The lowest BCUT2D eigenvalue weighted by molar-refractivity contribution is -0.156. The standard InChI is InChI=1S/C16H23NO3/c1-10-8-7-9-13(11(10)2)14(18)17-12(3)15(19)20-16(4,5)6/h7-9,12H,1-6H3,(H,17,18)/t12-/m1/s1. The second-order valence-corrected chi connectivity index (χ2v) is 5.98. The first-order valence-corrected chi connectivity index (χ1v) is 6.72. The molecule has 1 aromatic rings. The van der Waals surface area contributed by atoms with Gasteiger partial charge in [0.15, 0.2) is 0 Å². The van der Waals surface area contributed by atoms with E-state index in [1.807, 2.05) is 26.0 Å². The van der Waals surface area contributed by atoms with Crippen LogP contribution in [0.25, 0.3) is 0 Å². The summed E-state index contributed by atoms with van der Waals surface area (Å²) in [6, 6.07) is 4.85. The predicted octanol–water partition coefficient (Wildman–Crippen LogP) is 2.76. The molecule has 0 heterocycles. The summed E-state index contributed by atoms with van der Waals surface area (Å²) < 4.78 is 5.24. The van der Waals surface area contributed by atoms with Crippen molar-refractivity contribution in [3.8, 4) is 0 Å². The van der Waals surface area contributed by atoms with Crippen LogP contribution < -0.4 is 5.32 Å². The fourth-order valence-corrected chi connectivity index (χ4v) is 1.72. The third-order valence-electron chi connectivity index (χ3n) is 2.96. The molecule has 0 aliphatic rings. The Labute approximate surface area is 120 Å². The van der Waals surface area contributed by atoms with Crippen molar-refractivity contribution < 1.29 is 14.3 Å². The van der Waals surface area contributed by atoms with Crippen LogP contribution in [0.15, 0.2) is 18.2 Å². The number of ether oxygens (including phenoxy) is 1. The fourth-order valence-electron chi connectivity index (χ4n) is 1.72. The van der Waals surface area contributed by atoms with Gasteiger partial charge in [0.05, 0.1) is 0 Å². The Balaban J connectivity index is 2.76. The molecule has 1 atom stereocenters. The van der Waals surface area contributed by atoms with E-state index in [2.05, 4.69) is 5.32 Å². The van der Waals surface area contributed by atoms with Crippen LogP contribution in [0.3, 0.4) is 0 Å². The monoisotopic (exact) mass is 277 g/mol. The van der Waals surface area contributed by atoms with Gasteiger partial charge in [0.25, 0.3) is 5.91 Å². The number of esters is 1. The molecule has 0 spiro atoms. The van der Waals surface area contributed by atoms with Crippen molar-refractivity contribution >= 4 is 11.9 Å². The molecular formula is C16H23NO3. The number of rotatable bonds is 3. The van der Waals surface area contributed by atoms with Gasteiger partial charge in [0.2, 0.25) is 0 Å². The Morgan fingerprint density at radius 1 is 1.20 bits per heavy atom. The Kier molecular flexibility index (Phi) is 4.93. The van der Waals surface area contributed by atoms with E-state index in [4.69, 9.17) is 4.74 Å². The lowest BCUT2D eigenvalue weighted by Gasteiger charge is -2.23. The SMILES string of the molecule is Cc1cccc(C(=O)N[C@H](C)C(=O)OC(C)(C)C)c1C. The van der Waals surface area contributed by atoms with E-state index in [0.717, 1.165) is 11.1 Å². The van der Waals surface area contributed by atoms with Crippen LogP contribution in [-0.4, -0.2) is 23.5 Å². The van der Waals surface area contributed by atoms with Gasteiger partial charge in [0.1, 0.15) is 11.6 Å². The number of benzene rings is 1. The Hall–Kier alpha value is -1.84. The normalized spacial score (nSPS) is 12.7. The summed E-state index contributed by atoms with van der Waals surface area (Å²) in [6.45, 7) is 10.8. The molecule has 0 unspecified atom stereocenters. The minimum Gasteiger partial charge on any atom is -0.458 e. The van der Waals surface area contributed by atoms with E-state index in [-0.39, 0.29) is 5.91 Å². The van der Waals surface area contributed by atoms with Gasteiger partial charge in [-0.2, -0.15) is 0 Å². The van der Waals surface area contributed by atoms with E-state index in [1.54, 1.807) is 33.8 Å². The van der Waals surface area contributed by atoms with Gasteiger partial charge in [-0.3, -0.25) is 4.79 Å². The zero-order chi connectivity index (χ0) is 15.5. The number of amides is 1. The Morgan fingerprint density at radius 3 is 2.35 bits per heavy atom. The molecule has 0 aliphatic heterocycles. The van der Waals surface area contributed by atoms with Crippen LogP contribution >= 0.6 is 0 Å². The molecule has 4 heteroatoms. The van der Waals surface area contributed by atoms with Crippen LogP contribution in [0.5, 0.6) is 0 Å². The molecule has 0 fully saturated rings. The zero-order valence-electron chi connectivity index (χ0n) is 13.0. The molecule has 0 saturated heterocycles. The highest BCUT2D eigenvalue weighted by atomic mass is 16.6. The van der Waals surface area contributed by atoms with Crippen molar-refractivity contribution in [1.82, 2.24) is 5.32 Å². The average molecular weight is 277 g/mol. The number of aryl methyl sites for hydroxylation is 1. The summed E-state index contributed by atoms with van der Waals surface area (Å²) in [6.07, 6.45) is 0. The lowest BCUT2D eigenvalue weighted by atomic mass is 10.0. The third kappa shape index (κ3) is 4.37. The fraction of sp³-hybridized carbons (Fsp3) is 0.500. The number of hydrogen-bond donors (Lipinski definition) is 1. The number of hydrogen-bond acceptors (Lipinski definition) is 3. The van der Waals surface area contributed by atoms with Gasteiger partial charge in [-0.15, -0.1) is 0 Å². The largest absolute Gasteiger partial charge is 0.458 e. The van der Waals surface area contributed by atoms with Crippen LogP contribution in [0, 0.1) is 13.8 Å². The maximum absolute atomic E-state index is 12.2. The van der Waals surface area contributed by atoms with Gasteiger partial charge >= 0.3 is 5.97 Å². The number of carbonyl (C=O) groups is 2. The maximum Gasteiger partial charge on any atom is 0.328 e. The second-order valence-electron chi connectivity index (χ2n) is 5.98. The van der Waals surface area contributed by atoms with Crippen molar-refractivity contribution in [2.75, 3.05) is 0 Å². The van der Waals surface area contributed by atoms with Gasteiger partial charge in [-0.1, -0.05) is 12.1 Å². The summed E-state index contributed by atoms with van der Waals surface area (Å²) in [5.41, 5.74) is 1.99. The molecule has 4 nitrogen and oxygen atoms in total. The Morgan fingerprint density at radius 2 is 1.80 bits per heavy atom. The molecule has 0 aliphatic carbocycles. The first-order valence-electron chi connectivity index (χ1n) is 6.72. The summed E-state index contributed by atoms with van der Waals surface area (Å²) >= 11 is 0. The quantitative estimate of drug-likeness (QED) is 0.864. The van der Waals surface area contributed by atoms with Gasteiger partial charge < -0.3 is 10.1 Å². The summed E-state index contributed by atoms with van der Waals surface area (Å²) in [4.78, 5) is 24.0. The van der Waals surface area contributed by atoms with Gasteiger partial charge in [0, 0.05) is 5.56 Å². The smallest absolute Gasteiger partial charge is 0.328 e. The molecule has 0 radical (unpaired) electrons. The minimum absolute atomic E-state index is 0.260. The second kappa shape index (κ2) is 6.07. The molecule has 0 bridgehead atoms. The lowest BCUT2D eigenvalue weighted by Crippen LogP contribution is -2.42. The van der Waals surface area contributed by atoms with E-state index in [9.17, 15) is 9.59 Å². The molecular weight excluding hydrogens is 254 g/mol. The average Bonchev–Trinajstić information content (AvgIpc) is 2.30. The summed E-state index contributed by atoms with van der Waals surface area (Å²) in [7, 11) is 0. The first-order chi connectivity index (χ1) is 9.11. The third-order valence-corrected chi connectivity index (χ3v) is 2.96. The predicted molar refractivity (Wildman–Crippen MR) is 78.7 cm³/mol. The van der Waals surface area contributed by atoms with Crippen LogP contribution in [0.4, 0.5) is 0 Å². The molecule has 0 saturated carbocycles. The molecule has 20 heavy (non-hydrogen) atoms. The van der Waals surface area contributed by atoms with E-state index in [0.29, 0.717) is 5.56 Å². The topological polar surface area (TPSA) is 55.4 Å². The van der Waals surface area contributed by atoms with Crippen molar-refractivity contribution in [2.24, 2.45) is 0 Å². The zero-order valence-corrected chi connectivity index (χ0v) is 13.0. The van der Waals surface area contributed by atoms with Gasteiger partial charge in [-0.25, -0.2) is 4.79 Å². The molecule has 1 rings (SSSR count). The maximum atomic E-state index is 12.2. The summed E-state index contributed by atoms with van der Waals surface area (Å²) in [5, 5.41) is 2.67. The molecule has 0 aromatic heterocycles. The Bertz CT molecular complexity index is 515. The van der Waals surface area contributed by atoms with Crippen LogP contribution in [-0.2, 0) is 9.53 Å². The molecule has 1 aromatic carbocycles. The van der Waals surface area contributed by atoms with Crippen molar-refractivity contribution in [1.29, 1.82) is 0 Å². The van der Waals surface area contributed by atoms with Crippen molar-refractivity contribution in [3.05, 3.63) is 34.9 Å². The molecule has 1 amide bonds. The summed E-state index contributed by atoms with van der Waals surface area (Å²) in [5.74, 6) is -0.694. The number of carbonyl (C=O) groups excluding carboxylic acids is 2. The van der Waals surface area contributed by atoms with Crippen LogP contribution in [0.2, 0.25) is 0 Å². The number of nitrogens with one attached hydrogen (secondary N) is 1. The van der Waals surface area contributed by atoms with Crippen molar-refractivity contribution in [2.45, 2.75) is 53.2 Å². The van der Waals surface area contributed by atoms with Crippen LogP contribution in [0.1, 0.15) is 49.2 Å². The van der Waals surface area contributed by atoms with Gasteiger partial charge in [-0.05, 0) is 58.7 Å². The van der Waals surface area contributed by atoms with E-state index >= 15 is 0 Å². The van der Waals surface area contributed by atoms with E-state index in [1.165, 1.54) is 0 Å². The van der Waals surface area contributed by atoms with E-state index < -0.39 is 17.6 Å².